The molecule has 1 amide bonds. The second-order valence-electron chi connectivity index (χ2n) is 4.28. The van der Waals surface area contributed by atoms with E-state index in [1.165, 1.54) is 0 Å². The average Bonchev–Trinajstić information content (AvgIpc) is 2.77. The Hall–Kier alpha value is -2.37. The van der Waals surface area contributed by atoms with Gasteiger partial charge in [0.1, 0.15) is 6.04 Å². The maximum Gasteiger partial charge on any atom is 0.326 e. The van der Waals surface area contributed by atoms with Gasteiger partial charge >= 0.3 is 5.97 Å². The van der Waals surface area contributed by atoms with Gasteiger partial charge < -0.3 is 10.4 Å². The molecule has 0 bridgehead atoms. The number of amides is 1. The Kier molecular flexibility index (Phi) is 3.50. The monoisotopic (exact) mass is 261 g/mol. The number of carbonyl (C=O) groups excluding carboxylic acids is 1. The molecule has 100 valence electrons. The lowest BCUT2D eigenvalue weighted by Crippen LogP contribution is -2.40. The molecular formula is C13H15N3O3. The molecule has 1 aromatic carbocycles. The van der Waals surface area contributed by atoms with E-state index in [0.29, 0.717) is 17.4 Å². The molecule has 0 aliphatic carbocycles. The highest BCUT2D eigenvalue weighted by Gasteiger charge is 2.20. The number of carbonyl (C=O) groups is 2. The smallest absolute Gasteiger partial charge is 0.326 e. The van der Waals surface area contributed by atoms with Crippen LogP contribution in [0.4, 0.5) is 0 Å². The number of nitrogens with one attached hydrogen (secondary N) is 1. The van der Waals surface area contributed by atoms with Gasteiger partial charge in [0.2, 0.25) is 0 Å². The lowest BCUT2D eigenvalue weighted by atomic mass is 10.1. The third-order valence-corrected chi connectivity index (χ3v) is 3.05. The van der Waals surface area contributed by atoms with E-state index in [0.717, 1.165) is 5.52 Å². The van der Waals surface area contributed by atoms with Crippen LogP contribution in [-0.4, -0.2) is 32.8 Å². The second-order valence-corrected chi connectivity index (χ2v) is 4.28. The van der Waals surface area contributed by atoms with Crippen molar-refractivity contribution in [1.29, 1.82) is 0 Å². The molecule has 0 aliphatic rings. The van der Waals surface area contributed by atoms with Crippen molar-refractivity contribution in [1.82, 2.24) is 15.1 Å². The molecule has 0 saturated heterocycles. The highest BCUT2D eigenvalue weighted by atomic mass is 16.4. The van der Waals surface area contributed by atoms with Crippen LogP contribution in [0.25, 0.3) is 10.9 Å². The third-order valence-electron chi connectivity index (χ3n) is 3.05. The zero-order valence-electron chi connectivity index (χ0n) is 10.8. The Morgan fingerprint density at radius 2 is 2.21 bits per heavy atom. The molecule has 0 aliphatic heterocycles. The van der Waals surface area contributed by atoms with Gasteiger partial charge in [0.15, 0.2) is 0 Å². The largest absolute Gasteiger partial charge is 0.480 e. The van der Waals surface area contributed by atoms with Crippen molar-refractivity contribution in [2.75, 3.05) is 0 Å². The molecule has 0 saturated carbocycles. The van der Waals surface area contributed by atoms with Gasteiger partial charge in [-0.05, 0) is 18.6 Å². The van der Waals surface area contributed by atoms with E-state index in [1.54, 1.807) is 37.0 Å². The van der Waals surface area contributed by atoms with Gasteiger partial charge in [0, 0.05) is 12.4 Å². The Balaban J connectivity index is 2.34. The van der Waals surface area contributed by atoms with Crippen LogP contribution in [0, 0.1) is 0 Å². The highest BCUT2D eigenvalue weighted by Crippen LogP contribution is 2.17. The fourth-order valence-electron chi connectivity index (χ4n) is 1.95. The number of hydrogen-bond donors (Lipinski definition) is 2. The maximum absolute atomic E-state index is 12.1. The molecule has 0 radical (unpaired) electrons. The molecule has 1 unspecified atom stereocenters. The SMILES string of the molecule is CCC(NC(=O)c1cccc2c1cnn2C)C(=O)O. The molecular weight excluding hydrogens is 246 g/mol. The Bertz CT molecular complexity index is 633. The van der Waals surface area contributed by atoms with Gasteiger partial charge in [-0.1, -0.05) is 13.0 Å². The summed E-state index contributed by atoms with van der Waals surface area (Å²) in [5, 5.41) is 16.3. The topological polar surface area (TPSA) is 84.2 Å². The number of aryl methyl sites for hydroxylation is 1. The molecule has 2 rings (SSSR count). The van der Waals surface area contributed by atoms with Crippen LogP contribution >= 0.6 is 0 Å². The number of aromatic nitrogens is 2. The van der Waals surface area contributed by atoms with Crippen LogP contribution in [-0.2, 0) is 11.8 Å². The van der Waals surface area contributed by atoms with E-state index < -0.39 is 17.9 Å². The van der Waals surface area contributed by atoms with Crippen molar-refractivity contribution < 1.29 is 14.7 Å². The lowest BCUT2D eigenvalue weighted by Gasteiger charge is -2.12. The molecule has 0 spiro atoms. The predicted octanol–water partition coefficient (Wildman–Crippen LogP) is 1.17. The molecule has 6 nitrogen and oxygen atoms in total. The summed E-state index contributed by atoms with van der Waals surface area (Å²) in [6, 6.07) is 4.39. The fraction of sp³-hybridized carbons (Fsp3) is 0.308. The van der Waals surface area contributed by atoms with Gasteiger partial charge in [0.05, 0.1) is 17.3 Å². The van der Waals surface area contributed by atoms with E-state index in [-0.39, 0.29) is 0 Å². The van der Waals surface area contributed by atoms with Gasteiger partial charge in [-0.15, -0.1) is 0 Å². The predicted molar refractivity (Wildman–Crippen MR) is 69.9 cm³/mol. The Morgan fingerprint density at radius 3 is 2.84 bits per heavy atom. The van der Waals surface area contributed by atoms with Crippen molar-refractivity contribution in [2.45, 2.75) is 19.4 Å². The summed E-state index contributed by atoms with van der Waals surface area (Å²) in [4.78, 5) is 23.1. The number of carboxylic acid groups (broad SMARTS) is 1. The van der Waals surface area contributed by atoms with Gasteiger partial charge in [-0.3, -0.25) is 9.48 Å². The van der Waals surface area contributed by atoms with Crippen molar-refractivity contribution in [2.24, 2.45) is 7.05 Å². The summed E-state index contributed by atoms with van der Waals surface area (Å²) < 4.78 is 1.67. The van der Waals surface area contributed by atoms with E-state index in [4.69, 9.17) is 5.11 Å². The van der Waals surface area contributed by atoms with Crippen molar-refractivity contribution in [3.63, 3.8) is 0 Å². The zero-order valence-corrected chi connectivity index (χ0v) is 10.8. The van der Waals surface area contributed by atoms with Crippen LogP contribution in [0.3, 0.4) is 0 Å². The van der Waals surface area contributed by atoms with Gasteiger partial charge in [-0.2, -0.15) is 5.10 Å². The third kappa shape index (κ3) is 2.42. The Labute approximate surface area is 110 Å². The molecule has 0 fully saturated rings. The maximum atomic E-state index is 12.1. The van der Waals surface area contributed by atoms with Crippen LogP contribution in [0.5, 0.6) is 0 Å². The average molecular weight is 261 g/mol. The summed E-state index contributed by atoms with van der Waals surface area (Å²) >= 11 is 0. The van der Waals surface area contributed by atoms with Crippen molar-refractivity contribution in [3.8, 4) is 0 Å². The van der Waals surface area contributed by atoms with Crippen LogP contribution in [0.15, 0.2) is 24.4 Å². The summed E-state index contributed by atoms with van der Waals surface area (Å²) in [6.45, 7) is 1.71. The number of benzene rings is 1. The quantitative estimate of drug-likeness (QED) is 0.865. The number of carboxylic acids is 1. The molecule has 1 aromatic heterocycles. The zero-order chi connectivity index (χ0) is 14.0. The standard InChI is InChI=1S/C13H15N3O3/c1-3-10(13(18)19)15-12(17)8-5-4-6-11-9(8)7-14-16(11)2/h4-7,10H,3H2,1-2H3,(H,15,17)(H,18,19). The van der Waals surface area contributed by atoms with E-state index >= 15 is 0 Å². The first-order valence-electron chi connectivity index (χ1n) is 5.99. The first-order valence-corrected chi connectivity index (χ1v) is 5.99. The minimum Gasteiger partial charge on any atom is -0.480 e. The number of fused-ring (bicyclic) bond motifs is 1. The molecule has 1 heterocycles. The van der Waals surface area contributed by atoms with Gasteiger partial charge in [0.25, 0.3) is 5.91 Å². The number of aliphatic carboxylic acids is 1. The lowest BCUT2D eigenvalue weighted by molar-refractivity contribution is -0.139. The molecule has 6 heteroatoms. The molecule has 2 aromatic rings. The van der Waals surface area contributed by atoms with Crippen molar-refractivity contribution in [3.05, 3.63) is 30.0 Å². The molecule has 19 heavy (non-hydrogen) atoms. The molecule has 1 atom stereocenters. The van der Waals surface area contributed by atoms with Crippen molar-refractivity contribution >= 4 is 22.8 Å². The summed E-state index contributed by atoms with van der Waals surface area (Å²) in [5.74, 6) is -1.43. The second kappa shape index (κ2) is 5.09. The summed E-state index contributed by atoms with van der Waals surface area (Å²) in [7, 11) is 1.79. The fourth-order valence-corrected chi connectivity index (χ4v) is 1.95. The van der Waals surface area contributed by atoms with Crippen LogP contribution < -0.4 is 5.32 Å². The van der Waals surface area contributed by atoms with Gasteiger partial charge in [-0.25, -0.2) is 4.79 Å². The van der Waals surface area contributed by atoms with E-state index in [1.807, 2.05) is 6.07 Å². The summed E-state index contributed by atoms with van der Waals surface area (Å²) in [5.41, 5.74) is 1.27. The minimum absolute atomic E-state index is 0.337. The van der Waals surface area contributed by atoms with E-state index in [2.05, 4.69) is 10.4 Å². The van der Waals surface area contributed by atoms with E-state index in [9.17, 15) is 9.59 Å². The number of hydrogen-bond acceptors (Lipinski definition) is 3. The minimum atomic E-state index is -1.03. The first kappa shape index (κ1) is 13.1. The highest BCUT2D eigenvalue weighted by molar-refractivity contribution is 6.07. The number of nitrogens with zero attached hydrogens (tertiary/aromatic N) is 2. The Morgan fingerprint density at radius 1 is 1.47 bits per heavy atom. The normalized spacial score (nSPS) is 12.3. The van der Waals surface area contributed by atoms with Crippen LogP contribution in [0.2, 0.25) is 0 Å². The van der Waals surface area contributed by atoms with Crippen LogP contribution in [0.1, 0.15) is 23.7 Å². The number of rotatable bonds is 4. The first-order chi connectivity index (χ1) is 9.04. The molecule has 2 N–H and O–H groups in total. The summed E-state index contributed by atoms with van der Waals surface area (Å²) in [6.07, 6.45) is 1.94.